The molecule has 1 aliphatic rings. The van der Waals surface area contributed by atoms with Gasteiger partial charge in [-0.05, 0) is 39.5 Å². The minimum absolute atomic E-state index is 0.427. The average Bonchev–Trinajstić information content (AvgIpc) is 2.47. The molecule has 1 saturated carbocycles. The fourth-order valence-electron chi connectivity index (χ4n) is 2.37. The highest BCUT2D eigenvalue weighted by molar-refractivity contribution is 5.23. The van der Waals surface area contributed by atoms with E-state index in [0.29, 0.717) is 5.54 Å². The summed E-state index contributed by atoms with van der Waals surface area (Å²) in [5.74, 6) is 0. The zero-order chi connectivity index (χ0) is 10.9. The maximum atomic E-state index is 4.22. The number of aryl methyl sites for hydroxylation is 2. The Morgan fingerprint density at radius 2 is 2.13 bits per heavy atom. The van der Waals surface area contributed by atoms with Crippen molar-refractivity contribution in [3.63, 3.8) is 0 Å². The predicted molar refractivity (Wildman–Crippen MR) is 61.8 cm³/mol. The summed E-state index contributed by atoms with van der Waals surface area (Å²) >= 11 is 0. The van der Waals surface area contributed by atoms with Crippen LogP contribution >= 0.6 is 0 Å². The Morgan fingerprint density at radius 3 is 2.53 bits per heavy atom. The molecular weight excluding hydrogens is 186 g/mol. The van der Waals surface area contributed by atoms with Gasteiger partial charge in [0.05, 0.1) is 5.69 Å². The highest BCUT2D eigenvalue weighted by Gasteiger charge is 2.34. The van der Waals surface area contributed by atoms with Crippen LogP contribution in [0.5, 0.6) is 0 Å². The van der Waals surface area contributed by atoms with Crippen molar-refractivity contribution in [3.8, 4) is 0 Å². The molecule has 0 aromatic carbocycles. The lowest BCUT2D eigenvalue weighted by atomic mass is 9.75. The number of hydrogen-bond donors (Lipinski definition) is 2. The highest BCUT2D eigenvalue weighted by atomic mass is 15.1. The first kappa shape index (κ1) is 10.7. The summed E-state index contributed by atoms with van der Waals surface area (Å²) in [5, 5.41) is 11.0. The van der Waals surface area contributed by atoms with Crippen molar-refractivity contribution in [2.45, 2.75) is 58.5 Å². The van der Waals surface area contributed by atoms with Gasteiger partial charge in [0.25, 0.3) is 0 Å². The second-order valence-electron chi connectivity index (χ2n) is 4.75. The number of hydrogen-bond acceptors (Lipinski definition) is 2. The van der Waals surface area contributed by atoms with Gasteiger partial charge in [-0.1, -0.05) is 6.92 Å². The van der Waals surface area contributed by atoms with Crippen molar-refractivity contribution in [3.05, 3.63) is 17.0 Å². The van der Waals surface area contributed by atoms with Crippen molar-refractivity contribution in [1.82, 2.24) is 15.5 Å². The summed E-state index contributed by atoms with van der Waals surface area (Å²) in [6.07, 6.45) is 5.28. The molecule has 2 N–H and O–H groups in total. The maximum Gasteiger partial charge on any atom is 0.0638 e. The average molecular weight is 207 g/mol. The molecule has 0 atom stereocenters. The second kappa shape index (κ2) is 3.97. The zero-order valence-corrected chi connectivity index (χ0v) is 9.98. The van der Waals surface area contributed by atoms with E-state index in [2.05, 4.69) is 36.3 Å². The molecule has 0 radical (unpaired) electrons. The van der Waals surface area contributed by atoms with Crippen LogP contribution in [-0.2, 0) is 6.54 Å². The molecule has 1 aromatic rings. The van der Waals surface area contributed by atoms with Gasteiger partial charge < -0.3 is 5.32 Å². The predicted octanol–water partition coefficient (Wildman–Crippen LogP) is 2.45. The smallest absolute Gasteiger partial charge is 0.0638 e. The van der Waals surface area contributed by atoms with Crippen LogP contribution in [0.25, 0.3) is 0 Å². The quantitative estimate of drug-likeness (QED) is 0.796. The third kappa shape index (κ3) is 1.93. The Balaban J connectivity index is 1.98. The summed E-state index contributed by atoms with van der Waals surface area (Å²) in [4.78, 5) is 0. The van der Waals surface area contributed by atoms with Crippen LogP contribution < -0.4 is 5.32 Å². The molecule has 1 heterocycles. The van der Waals surface area contributed by atoms with E-state index in [0.717, 1.165) is 12.2 Å². The Kier molecular flexibility index (Phi) is 2.83. The minimum Gasteiger partial charge on any atom is -0.307 e. The van der Waals surface area contributed by atoms with Crippen molar-refractivity contribution in [2.24, 2.45) is 0 Å². The molecule has 84 valence electrons. The molecule has 1 aliphatic carbocycles. The summed E-state index contributed by atoms with van der Waals surface area (Å²) in [7, 11) is 0. The van der Waals surface area contributed by atoms with Crippen LogP contribution in [0.1, 0.15) is 49.6 Å². The Bertz CT molecular complexity index is 312. The van der Waals surface area contributed by atoms with Gasteiger partial charge in [-0.3, -0.25) is 5.10 Å². The van der Waals surface area contributed by atoms with E-state index in [9.17, 15) is 0 Å². The van der Waals surface area contributed by atoms with E-state index in [4.69, 9.17) is 0 Å². The van der Waals surface area contributed by atoms with Crippen LogP contribution in [0.2, 0.25) is 0 Å². The molecule has 0 aliphatic heterocycles. The normalized spacial score (nSPS) is 18.9. The molecule has 15 heavy (non-hydrogen) atoms. The molecule has 2 rings (SSSR count). The molecule has 0 unspecified atom stereocenters. The lowest BCUT2D eigenvalue weighted by Crippen LogP contribution is -2.49. The molecule has 0 amide bonds. The van der Waals surface area contributed by atoms with E-state index < -0.39 is 0 Å². The number of nitrogens with zero attached hydrogens (tertiary/aromatic N) is 1. The molecule has 1 aromatic heterocycles. The summed E-state index contributed by atoms with van der Waals surface area (Å²) < 4.78 is 0. The SMILES string of the molecule is CCC1(NCc2c(C)n[nH]c2C)CCC1. The van der Waals surface area contributed by atoms with Crippen LogP contribution in [0.15, 0.2) is 0 Å². The molecule has 1 fully saturated rings. The van der Waals surface area contributed by atoms with Gasteiger partial charge in [0.2, 0.25) is 0 Å². The first-order valence-corrected chi connectivity index (χ1v) is 5.92. The standard InChI is InChI=1S/C12H21N3/c1-4-12(6-5-7-12)13-8-11-9(2)14-15-10(11)3/h13H,4-8H2,1-3H3,(H,14,15). The zero-order valence-electron chi connectivity index (χ0n) is 9.98. The summed E-state index contributed by atoms with van der Waals surface area (Å²) in [6, 6.07) is 0. The summed E-state index contributed by atoms with van der Waals surface area (Å²) in [5.41, 5.74) is 4.10. The lowest BCUT2D eigenvalue weighted by molar-refractivity contribution is 0.175. The van der Waals surface area contributed by atoms with E-state index in [1.807, 2.05) is 0 Å². The van der Waals surface area contributed by atoms with E-state index in [1.54, 1.807) is 0 Å². The van der Waals surface area contributed by atoms with Crippen LogP contribution in [0.4, 0.5) is 0 Å². The monoisotopic (exact) mass is 207 g/mol. The fraction of sp³-hybridized carbons (Fsp3) is 0.750. The number of nitrogens with one attached hydrogen (secondary N) is 2. The van der Waals surface area contributed by atoms with E-state index in [1.165, 1.54) is 36.9 Å². The van der Waals surface area contributed by atoms with Crippen LogP contribution in [0.3, 0.4) is 0 Å². The number of rotatable bonds is 4. The Hall–Kier alpha value is -0.830. The van der Waals surface area contributed by atoms with Crippen LogP contribution in [-0.4, -0.2) is 15.7 Å². The number of H-pyrrole nitrogens is 1. The largest absolute Gasteiger partial charge is 0.307 e. The summed E-state index contributed by atoms with van der Waals surface area (Å²) in [6.45, 7) is 7.40. The molecule has 0 spiro atoms. The first-order chi connectivity index (χ1) is 7.17. The molecule has 3 nitrogen and oxygen atoms in total. The van der Waals surface area contributed by atoms with Gasteiger partial charge >= 0.3 is 0 Å². The van der Waals surface area contributed by atoms with Crippen molar-refractivity contribution in [2.75, 3.05) is 0 Å². The Morgan fingerprint density at radius 1 is 1.40 bits per heavy atom. The van der Waals surface area contributed by atoms with Crippen molar-refractivity contribution in [1.29, 1.82) is 0 Å². The molecule has 0 bridgehead atoms. The van der Waals surface area contributed by atoms with Crippen LogP contribution in [0, 0.1) is 13.8 Å². The van der Waals surface area contributed by atoms with Gasteiger partial charge in [-0.15, -0.1) is 0 Å². The van der Waals surface area contributed by atoms with Gasteiger partial charge in [0.1, 0.15) is 0 Å². The molecule has 3 heteroatoms. The van der Waals surface area contributed by atoms with Gasteiger partial charge in [-0.2, -0.15) is 5.10 Å². The fourth-order valence-corrected chi connectivity index (χ4v) is 2.37. The third-order valence-electron chi connectivity index (χ3n) is 3.91. The minimum atomic E-state index is 0.427. The van der Waals surface area contributed by atoms with Crippen molar-refractivity contribution >= 4 is 0 Å². The highest BCUT2D eigenvalue weighted by Crippen LogP contribution is 2.35. The van der Waals surface area contributed by atoms with Gasteiger partial charge in [0, 0.05) is 23.3 Å². The molecular formula is C12H21N3. The van der Waals surface area contributed by atoms with E-state index >= 15 is 0 Å². The van der Waals surface area contributed by atoms with Gasteiger partial charge in [-0.25, -0.2) is 0 Å². The van der Waals surface area contributed by atoms with Gasteiger partial charge in [0.15, 0.2) is 0 Å². The second-order valence-corrected chi connectivity index (χ2v) is 4.75. The number of aromatic nitrogens is 2. The van der Waals surface area contributed by atoms with E-state index in [-0.39, 0.29) is 0 Å². The Labute approximate surface area is 91.7 Å². The molecule has 0 saturated heterocycles. The lowest BCUT2D eigenvalue weighted by Gasteiger charge is -2.42. The van der Waals surface area contributed by atoms with Crippen molar-refractivity contribution < 1.29 is 0 Å². The topological polar surface area (TPSA) is 40.7 Å². The maximum absolute atomic E-state index is 4.22. The first-order valence-electron chi connectivity index (χ1n) is 5.92. The number of aromatic amines is 1. The third-order valence-corrected chi connectivity index (χ3v) is 3.91.